The van der Waals surface area contributed by atoms with E-state index in [2.05, 4.69) is 89.6 Å². The van der Waals surface area contributed by atoms with Gasteiger partial charge < -0.3 is 0 Å². The van der Waals surface area contributed by atoms with Gasteiger partial charge in [-0.25, -0.2) is 0 Å². The zero-order valence-electron chi connectivity index (χ0n) is 20.7. The van der Waals surface area contributed by atoms with Crippen molar-refractivity contribution in [3.05, 3.63) is 71.3 Å². The van der Waals surface area contributed by atoms with Gasteiger partial charge in [-0.3, -0.25) is 15.0 Å². The van der Waals surface area contributed by atoms with Gasteiger partial charge in [-0.2, -0.15) is 0 Å². The maximum absolute atomic E-state index is 4.99. The van der Waals surface area contributed by atoms with Crippen LogP contribution in [0.4, 0.5) is 0 Å². The quantitative estimate of drug-likeness (QED) is 0.514. The number of dihydropyridines is 1. The van der Waals surface area contributed by atoms with E-state index in [1.807, 2.05) is 24.7 Å². The summed E-state index contributed by atoms with van der Waals surface area (Å²) in [6.45, 7) is 18.3. The Morgan fingerprint density at radius 1 is 0.935 bits per heavy atom. The summed E-state index contributed by atoms with van der Waals surface area (Å²) in [5.74, 6) is 0. The molecule has 2 aromatic heterocycles. The summed E-state index contributed by atoms with van der Waals surface area (Å²) in [6.07, 6.45) is 11.1. The number of pyridine rings is 2. The minimum Gasteiger partial charge on any atom is -0.286 e. The van der Waals surface area contributed by atoms with Crippen molar-refractivity contribution in [2.45, 2.75) is 91.5 Å². The lowest BCUT2D eigenvalue weighted by Crippen LogP contribution is -2.27. The third-order valence-corrected chi connectivity index (χ3v) is 6.41. The third-order valence-electron chi connectivity index (χ3n) is 6.41. The number of rotatable bonds is 6. The van der Waals surface area contributed by atoms with E-state index in [9.17, 15) is 0 Å². The molecule has 0 spiro atoms. The highest BCUT2D eigenvalue weighted by Gasteiger charge is 2.29. The van der Waals surface area contributed by atoms with Gasteiger partial charge in [0.25, 0.3) is 0 Å². The van der Waals surface area contributed by atoms with Gasteiger partial charge in [0.2, 0.25) is 0 Å². The highest BCUT2D eigenvalue weighted by atomic mass is 14.8. The van der Waals surface area contributed by atoms with Crippen LogP contribution in [0.25, 0.3) is 0 Å². The molecular formula is C28H39N3. The van der Waals surface area contributed by atoms with Gasteiger partial charge in [0.05, 0.1) is 6.04 Å². The summed E-state index contributed by atoms with van der Waals surface area (Å²) < 4.78 is 0. The van der Waals surface area contributed by atoms with Crippen LogP contribution in [0.1, 0.15) is 85.1 Å². The van der Waals surface area contributed by atoms with Crippen LogP contribution in [0.5, 0.6) is 0 Å². The molecule has 0 fully saturated rings. The Hall–Kier alpha value is -2.29. The standard InChI is InChI=1S/C28H39N3/c1-20-13-22(26(2,3)4)15-24(31-20)17-27(5,6)23-14-21(18-29-19-23)16-28(7,8)25-11-9-10-12-30-25/h9-12,14-15,18-20H,13,16-17H2,1-8H3. The molecule has 0 radical (unpaired) electrons. The molecule has 0 aromatic carbocycles. The van der Waals surface area contributed by atoms with Gasteiger partial charge in [-0.1, -0.05) is 66.2 Å². The van der Waals surface area contributed by atoms with Crippen molar-refractivity contribution in [3.63, 3.8) is 0 Å². The average Bonchev–Trinajstić information content (AvgIpc) is 2.67. The van der Waals surface area contributed by atoms with Crippen molar-refractivity contribution in [2.24, 2.45) is 10.4 Å². The molecule has 0 saturated heterocycles. The zero-order chi connectivity index (χ0) is 22.9. The fraction of sp³-hybridized carbons (Fsp3) is 0.536. The zero-order valence-corrected chi connectivity index (χ0v) is 20.7. The Morgan fingerprint density at radius 3 is 2.32 bits per heavy atom. The first-order valence-corrected chi connectivity index (χ1v) is 11.5. The highest BCUT2D eigenvalue weighted by molar-refractivity contribution is 5.97. The van der Waals surface area contributed by atoms with Gasteiger partial charge in [0, 0.05) is 35.4 Å². The first-order chi connectivity index (χ1) is 14.4. The second-order valence-electron chi connectivity index (χ2n) is 11.5. The molecule has 3 heterocycles. The monoisotopic (exact) mass is 417 g/mol. The summed E-state index contributed by atoms with van der Waals surface area (Å²) in [5, 5.41) is 0. The summed E-state index contributed by atoms with van der Waals surface area (Å²) in [5.41, 5.74) is 6.48. The van der Waals surface area contributed by atoms with Crippen LogP contribution < -0.4 is 0 Å². The molecule has 31 heavy (non-hydrogen) atoms. The molecular weight excluding hydrogens is 378 g/mol. The second-order valence-corrected chi connectivity index (χ2v) is 11.5. The van der Waals surface area contributed by atoms with Crippen LogP contribution in [-0.4, -0.2) is 21.7 Å². The van der Waals surface area contributed by atoms with Crippen molar-refractivity contribution in [1.82, 2.24) is 9.97 Å². The molecule has 166 valence electrons. The lowest BCUT2D eigenvalue weighted by Gasteiger charge is -2.32. The van der Waals surface area contributed by atoms with Crippen molar-refractivity contribution in [3.8, 4) is 0 Å². The summed E-state index contributed by atoms with van der Waals surface area (Å²) in [6, 6.07) is 8.83. The van der Waals surface area contributed by atoms with E-state index in [4.69, 9.17) is 4.99 Å². The van der Waals surface area contributed by atoms with E-state index in [0.29, 0.717) is 6.04 Å². The van der Waals surface area contributed by atoms with Crippen molar-refractivity contribution in [1.29, 1.82) is 0 Å². The molecule has 1 aliphatic rings. The first-order valence-electron chi connectivity index (χ1n) is 11.5. The van der Waals surface area contributed by atoms with Crippen LogP contribution in [-0.2, 0) is 17.3 Å². The van der Waals surface area contributed by atoms with Gasteiger partial charge in [0.1, 0.15) is 0 Å². The third kappa shape index (κ3) is 5.90. The Kier molecular flexibility index (Phi) is 6.55. The molecule has 0 amide bonds. The Bertz CT molecular complexity index is 959. The van der Waals surface area contributed by atoms with Gasteiger partial charge in [-0.15, -0.1) is 0 Å². The molecule has 3 rings (SSSR count). The van der Waals surface area contributed by atoms with Gasteiger partial charge in [-0.05, 0) is 66.4 Å². The van der Waals surface area contributed by atoms with Crippen LogP contribution in [0.15, 0.2) is 59.5 Å². The summed E-state index contributed by atoms with van der Waals surface area (Å²) in [7, 11) is 0. The summed E-state index contributed by atoms with van der Waals surface area (Å²) >= 11 is 0. The fourth-order valence-corrected chi connectivity index (χ4v) is 4.44. The molecule has 1 atom stereocenters. The predicted octanol–water partition coefficient (Wildman–Crippen LogP) is 6.87. The molecule has 1 unspecified atom stereocenters. The maximum atomic E-state index is 4.99. The SMILES string of the molecule is CC1CC(C(C)(C)C)=CC(CC(C)(C)c2cncc(CC(C)(C)c3ccccn3)c2)=N1. The smallest absolute Gasteiger partial charge is 0.0512 e. The van der Waals surface area contributed by atoms with Crippen LogP contribution in [0, 0.1) is 5.41 Å². The maximum Gasteiger partial charge on any atom is 0.0512 e. The molecule has 1 aliphatic heterocycles. The van der Waals surface area contributed by atoms with Crippen molar-refractivity contribution < 1.29 is 0 Å². The normalized spacial score (nSPS) is 17.9. The lowest BCUT2D eigenvalue weighted by atomic mass is 9.76. The number of hydrogen-bond donors (Lipinski definition) is 0. The van der Waals surface area contributed by atoms with Gasteiger partial charge >= 0.3 is 0 Å². The molecule has 3 heteroatoms. The van der Waals surface area contributed by atoms with E-state index in [0.717, 1.165) is 25.0 Å². The van der Waals surface area contributed by atoms with E-state index in [-0.39, 0.29) is 16.2 Å². The average molecular weight is 418 g/mol. The Labute approximate surface area is 189 Å². The second kappa shape index (κ2) is 8.68. The first kappa shape index (κ1) is 23.4. The molecule has 0 aliphatic carbocycles. The van der Waals surface area contributed by atoms with Crippen LogP contribution in [0.3, 0.4) is 0 Å². The van der Waals surface area contributed by atoms with E-state index < -0.39 is 0 Å². The highest BCUT2D eigenvalue weighted by Crippen LogP contribution is 2.35. The van der Waals surface area contributed by atoms with E-state index in [1.165, 1.54) is 22.4 Å². The molecule has 0 bridgehead atoms. The van der Waals surface area contributed by atoms with Crippen LogP contribution in [0.2, 0.25) is 0 Å². The van der Waals surface area contributed by atoms with Crippen molar-refractivity contribution >= 4 is 5.71 Å². The number of allylic oxidation sites excluding steroid dienone is 1. The Morgan fingerprint density at radius 2 is 1.68 bits per heavy atom. The van der Waals surface area contributed by atoms with E-state index >= 15 is 0 Å². The lowest BCUT2D eigenvalue weighted by molar-refractivity contribution is 0.464. The number of aromatic nitrogens is 2. The number of nitrogens with zero attached hydrogens (tertiary/aromatic N) is 3. The number of aliphatic imine (C=N–C) groups is 1. The Balaban J connectivity index is 1.82. The number of hydrogen-bond acceptors (Lipinski definition) is 3. The largest absolute Gasteiger partial charge is 0.286 e. The van der Waals surface area contributed by atoms with E-state index in [1.54, 1.807) is 0 Å². The van der Waals surface area contributed by atoms with Crippen LogP contribution >= 0.6 is 0 Å². The predicted molar refractivity (Wildman–Crippen MR) is 132 cm³/mol. The fourth-order valence-electron chi connectivity index (χ4n) is 4.44. The van der Waals surface area contributed by atoms with Crippen molar-refractivity contribution in [2.75, 3.05) is 0 Å². The molecule has 3 nitrogen and oxygen atoms in total. The minimum atomic E-state index is -0.0427. The topological polar surface area (TPSA) is 38.1 Å². The molecule has 2 aromatic rings. The van der Waals surface area contributed by atoms with Gasteiger partial charge in [0.15, 0.2) is 0 Å². The molecule has 0 saturated carbocycles. The molecule has 0 N–H and O–H groups in total. The summed E-state index contributed by atoms with van der Waals surface area (Å²) in [4.78, 5) is 14.2. The minimum absolute atomic E-state index is 0.0342.